The van der Waals surface area contributed by atoms with Gasteiger partial charge in [0.25, 0.3) is 0 Å². The third-order valence-corrected chi connectivity index (χ3v) is 1.47. The zero-order valence-corrected chi connectivity index (χ0v) is 8.83. The average Bonchev–Trinajstić information content (AvgIpc) is 2.40. The summed E-state index contributed by atoms with van der Waals surface area (Å²) in [5.41, 5.74) is 1.24. The lowest BCUT2D eigenvalue weighted by molar-refractivity contribution is 0.475. The van der Waals surface area contributed by atoms with Crippen molar-refractivity contribution in [2.75, 3.05) is 0 Å². The molecule has 0 amide bonds. The van der Waals surface area contributed by atoms with Gasteiger partial charge in [-0.25, -0.2) is 0 Å². The molecule has 0 unspecified atom stereocenters. The number of aryl methyl sites for hydroxylation is 1. The van der Waals surface area contributed by atoms with Gasteiger partial charge in [-0.2, -0.15) is 5.10 Å². The highest BCUT2D eigenvalue weighted by Crippen LogP contribution is 2.01. The lowest BCUT2D eigenvalue weighted by atomic mass is 10.2. The maximum absolute atomic E-state index is 4.17. The van der Waals surface area contributed by atoms with Crippen LogP contribution in [0.3, 0.4) is 0 Å². The Morgan fingerprint density at radius 2 is 2.00 bits per heavy atom. The van der Waals surface area contributed by atoms with Crippen LogP contribution >= 0.6 is 0 Å². The van der Waals surface area contributed by atoms with Crippen LogP contribution in [0.25, 0.3) is 0 Å². The van der Waals surface area contributed by atoms with Gasteiger partial charge >= 0.3 is 0 Å². The highest BCUT2D eigenvalue weighted by atomic mass is 15.3. The van der Waals surface area contributed by atoms with Crippen LogP contribution in [0, 0.1) is 12.8 Å². The molecule has 0 saturated heterocycles. The first-order valence-corrected chi connectivity index (χ1v) is 4.68. The molecule has 0 spiro atoms. The summed E-state index contributed by atoms with van der Waals surface area (Å²) >= 11 is 0. The fraction of sp³-hybridized carbons (Fsp3) is 0.700. The van der Waals surface area contributed by atoms with E-state index in [0.29, 0.717) is 5.92 Å². The molecule has 0 bridgehead atoms. The molecular formula is C10H20N2. The Morgan fingerprint density at radius 3 is 2.33 bits per heavy atom. The first-order chi connectivity index (χ1) is 5.70. The molecule has 0 saturated carbocycles. The predicted molar refractivity (Wildman–Crippen MR) is 53.2 cm³/mol. The lowest BCUT2D eigenvalue weighted by Crippen LogP contribution is -2.07. The van der Waals surface area contributed by atoms with E-state index < -0.39 is 0 Å². The highest BCUT2D eigenvalue weighted by Gasteiger charge is 1.98. The maximum Gasteiger partial charge on any atom is 0.0492 e. The second kappa shape index (κ2) is 5.81. The van der Waals surface area contributed by atoms with Crippen molar-refractivity contribution in [3.8, 4) is 0 Å². The Morgan fingerprint density at radius 1 is 1.42 bits per heavy atom. The molecule has 0 aliphatic carbocycles. The minimum Gasteiger partial charge on any atom is -0.270 e. The smallest absolute Gasteiger partial charge is 0.0492 e. The molecule has 0 N–H and O–H groups in total. The number of hydrogen-bond acceptors (Lipinski definition) is 1. The number of nitrogens with zero attached hydrogens (tertiary/aromatic N) is 2. The number of hydrogen-bond donors (Lipinski definition) is 0. The standard InChI is InChI=1S/C8H14N2.C2H6/c1-7(2)6-10-8(3)4-5-9-10;1-2/h4-5,7H,6H2,1-3H3;1-2H3. The molecule has 0 atom stereocenters. The van der Waals surface area contributed by atoms with Crippen molar-refractivity contribution in [1.29, 1.82) is 0 Å². The second-order valence-corrected chi connectivity index (χ2v) is 3.05. The molecule has 2 nitrogen and oxygen atoms in total. The molecule has 70 valence electrons. The molecule has 0 aromatic carbocycles. The van der Waals surface area contributed by atoms with E-state index in [4.69, 9.17) is 0 Å². The molecule has 1 aromatic heterocycles. The van der Waals surface area contributed by atoms with Gasteiger partial charge in [-0.3, -0.25) is 4.68 Å². The van der Waals surface area contributed by atoms with Crippen LogP contribution in [0.4, 0.5) is 0 Å². The topological polar surface area (TPSA) is 17.8 Å². The molecule has 0 aliphatic rings. The Hall–Kier alpha value is -0.790. The van der Waals surface area contributed by atoms with Crippen LogP contribution in [0.5, 0.6) is 0 Å². The van der Waals surface area contributed by atoms with Gasteiger partial charge in [0, 0.05) is 18.4 Å². The van der Waals surface area contributed by atoms with Crippen LogP contribution < -0.4 is 0 Å². The minimum absolute atomic E-state index is 0.679. The van der Waals surface area contributed by atoms with E-state index in [9.17, 15) is 0 Å². The van der Waals surface area contributed by atoms with E-state index in [-0.39, 0.29) is 0 Å². The van der Waals surface area contributed by atoms with Crippen LogP contribution in [0.15, 0.2) is 12.3 Å². The average molecular weight is 168 g/mol. The summed E-state index contributed by atoms with van der Waals surface area (Å²) in [5, 5.41) is 4.17. The van der Waals surface area contributed by atoms with Crippen molar-refractivity contribution < 1.29 is 0 Å². The van der Waals surface area contributed by atoms with Crippen molar-refractivity contribution in [2.45, 2.75) is 41.2 Å². The summed E-state index contributed by atoms with van der Waals surface area (Å²) < 4.78 is 2.03. The number of rotatable bonds is 2. The van der Waals surface area contributed by atoms with Crippen molar-refractivity contribution in [3.05, 3.63) is 18.0 Å². The van der Waals surface area contributed by atoms with Crippen LogP contribution in [0.1, 0.15) is 33.4 Å². The van der Waals surface area contributed by atoms with Crippen molar-refractivity contribution in [1.82, 2.24) is 9.78 Å². The SMILES string of the molecule is CC.Cc1ccnn1CC(C)C. The predicted octanol–water partition coefficient (Wildman–Crippen LogP) is 2.87. The van der Waals surface area contributed by atoms with Gasteiger partial charge in [-0.05, 0) is 18.9 Å². The number of aromatic nitrogens is 2. The lowest BCUT2D eigenvalue weighted by Gasteiger charge is -2.05. The normalized spacial score (nSPS) is 9.50. The summed E-state index contributed by atoms with van der Waals surface area (Å²) in [4.78, 5) is 0. The summed E-state index contributed by atoms with van der Waals surface area (Å²) in [5.74, 6) is 0.679. The molecule has 0 aliphatic heterocycles. The Bertz CT molecular complexity index is 201. The van der Waals surface area contributed by atoms with Gasteiger partial charge in [0.2, 0.25) is 0 Å². The van der Waals surface area contributed by atoms with E-state index in [0.717, 1.165) is 6.54 Å². The van der Waals surface area contributed by atoms with Gasteiger partial charge in [-0.15, -0.1) is 0 Å². The minimum atomic E-state index is 0.679. The van der Waals surface area contributed by atoms with Crippen LogP contribution in [0.2, 0.25) is 0 Å². The summed E-state index contributed by atoms with van der Waals surface area (Å²) in [6.07, 6.45) is 1.84. The van der Waals surface area contributed by atoms with E-state index in [1.807, 2.05) is 30.8 Å². The van der Waals surface area contributed by atoms with Crippen molar-refractivity contribution in [2.24, 2.45) is 5.92 Å². The van der Waals surface area contributed by atoms with Crippen molar-refractivity contribution in [3.63, 3.8) is 0 Å². The Balaban J connectivity index is 0.000000561. The summed E-state index contributed by atoms with van der Waals surface area (Å²) in [7, 11) is 0. The molecule has 12 heavy (non-hydrogen) atoms. The van der Waals surface area contributed by atoms with E-state index in [1.54, 1.807) is 0 Å². The molecular weight excluding hydrogens is 148 g/mol. The third-order valence-electron chi connectivity index (χ3n) is 1.47. The molecule has 2 heteroatoms. The van der Waals surface area contributed by atoms with Crippen LogP contribution in [-0.2, 0) is 6.54 Å². The first kappa shape index (κ1) is 11.2. The highest BCUT2D eigenvalue weighted by molar-refractivity contribution is 4.96. The summed E-state index contributed by atoms with van der Waals surface area (Å²) in [6, 6.07) is 2.03. The van der Waals surface area contributed by atoms with Gasteiger partial charge in [0.15, 0.2) is 0 Å². The first-order valence-electron chi connectivity index (χ1n) is 4.68. The molecule has 1 rings (SSSR count). The van der Waals surface area contributed by atoms with Crippen molar-refractivity contribution >= 4 is 0 Å². The summed E-state index contributed by atoms with van der Waals surface area (Å²) in [6.45, 7) is 11.5. The Labute approximate surface area is 75.6 Å². The molecule has 0 radical (unpaired) electrons. The zero-order valence-electron chi connectivity index (χ0n) is 8.83. The van der Waals surface area contributed by atoms with Gasteiger partial charge in [-0.1, -0.05) is 27.7 Å². The van der Waals surface area contributed by atoms with E-state index >= 15 is 0 Å². The largest absolute Gasteiger partial charge is 0.270 e. The van der Waals surface area contributed by atoms with Gasteiger partial charge < -0.3 is 0 Å². The van der Waals surface area contributed by atoms with Gasteiger partial charge in [0.05, 0.1) is 0 Å². The molecule has 0 fully saturated rings. The second-order valence-electron chi connectivity index (χ2n) is 3.05. The molecule has 1 aromatic rings. The van der Waals surface area contributed by atoms with E-state index in [2.05, 4.69) is 25.9 Å². The van der Waals surface area contributed by atoms with Gasteiger partial charge in [0.1, 0.15) is 0 Å². The third kappa shape index (κ3) is 3.56. The van der Waals surface area contributed by atoms with Crippen LogP contribution in [-0.4, -0.2) is 9.78 Å². The monoisotopic (exact) mass is 168 g/mol. The fourth-order valence-corrected chi connectivity index (χ4v) is 0.936. The Kier molecular flexibility index (Phi) is 5.43. The van der Waals surface area contributed by atoms with E-state index in [1.165, 1.54) is 5.69 Å². The fourth-order valence-electron chi connectivity index (χ4n) is 0.936. The quantitative estimate of drug-likeness (QED) is 0.664. The maximum atomic E-state index is 4.17. The molecule has 1 heterocycles. The zero-order chi connectivity index (χ0) is 9.56.